The van der Waals surface area contributed by atoms with Crippen molar-refractivity contribution in [3.05, 3.63) is 52.0 Å². The second kappa shape index (κ2) is 12.7. The molecule has 3 rings (SSSR count). The van der Waals surface area contributed by atoms with Crippen LogP contribution >= 0.6 is 23.2 Å². The number of halogens is 2. The van der Waals surface area contributed by atoms with Gasteiger partial charge in [0.15, 0.2) is 11.5 Å². The molecule has 202 valence electrons. The van der Waals surface area contributed by atoms with Crippen molar-refractivity contribution in [2.45, 2.75) is 39.3 Å². The number of anilines is 1. The molecule has 9 nitrogen and oxygen atoms in total. The molecule has 1 heterocycles. The molecule has 0 saturated carbocycles. The van der Waals surface area contributed by atoms with Gasteiger partial charge in [-0.25, -0.2) is 8.42 Å². The van der Waals surface area contributed by atoms with Crippen molar-refractivity contribution in [3.63, 3.8) is 0 Å². The highest BCUT2D eigenvalue weighted by Gasteiger charge is 2.32. The molecular weight excluding hydrogens is 541 g/mol. The fraction of sp³-hybridized carbons (Fsp3) is 0.440. The van der Waals surface area contributed by atoms with E-state index in [2.05, 4.69) is 5.32 Å². The summed E-state index contributed by atoms with van der Waals surface area (Å²) < 4.78 is 37.7. The molecule has 1 aliphatic rings. The third kappa shape index (κ3) is 7.43. The molecule has 0 aliphatic carbocycles. The van der Waals surface area contributed by atoms with Crippen molar-refractivity contribution in [3.8, 4) is 11.5 Å². The number of rotatable bonds is 11. The highest BCUT2D eigenvalue weighted by Crippen LogP contribution is 2.35. The quantitative estimate of drug-likeness (QED) is 0.439. The Morgan fingerprint density at radius 1 is 1.03 bits per heavy atom. The van der Waals surface area contributed by atoms with Crippen LogP contribution in [-0.2, 0) is 26.2 Å². The van der Waals surface area contributed by atoms with Gasteiger partial charge in [-0.05, 0) is 42.7 Å². The van der Waals surface area contributed by atoms with Crippen molar-refractivity contribution in [2.24, 2.45) is 0 Å². The summed E-state index contributed by atoms with van der Waals surface area (Å²) in [6.07, 6.45) is 2.08. The summed E-state index contributed by atoms with van der Waals surface area (Å²) in [5.74, 6) is 0.0189. The number of benzene rings is 2. The van der Waals surface area contributed by atoms with Gasteiger partial charge in [0.1, 0.15) is 25.8 Å². The average Bonchev–Trinajstić information content (AvgIpc) is 2.86. The molecule has 2 amide bonds. The summed E-state index contributed by atoms with van der Waals surface area (Å²) in [5.41, 5.74) is 0.896. The number of hydrogen-bond acceptors (Lipinski definition) is 6. The molecule has 0 fully saturated rings. The molecule has 2 aromatic rings. The largest absolute Gasteiger partial charge is 0.486 e. The van der Waals surface area contributed by atoms with E-state index in [1.165, 1.54) is 11.0 Å². The van der Waals surface area contributed by atoms with Crippen molar-refractivity contribution < 1.29 is 27.5 Å². The fourth-order valence-corrected chi connectivity index (χ4v) is 5.08. The molecule has 1 atom stereocenters. The first kappa shape index (κ1) is 28.9. The van der Waals surface area contributed by atoms with Gasteiger partial charge in [0.25, 0.3) is 0 Å². The van der Waals surface area contributed by atoms with Crippen molar-refractivity contribution >= 4 is 50.7 Å². The minimum absolute atomic E-state index is 0.0342. The minimum Gasteiger partial charge on any atom is -0.486 e. The van der Waals surface area contributed by atoms with E-state index < -0.39 is 28.5 Å². The van der Waals surface area contributed by atoms with E-state index >= 15 is 0 Å². The molecule has 1 aliphatic heterocycles. The maximum absolute atomic E-state index is 13.7. The lowest BCUT2D eigenvalue weighted by Gasteiger charge is -2.33. The monoisotopic (exact) mass is 571 g/mol. The second-order valence-electron chi connectivity index (χ2n) is 8.58. The first-order valence-corrected chi connectivity index (χ1v) is 14.5. The maximum atomic E-state index is 13.7. The number of amides is 2. The van der Waals surface area contributed by atoms with Crippen LogP contribution in [0.5, 0.6) is 11.5 Å². The Morgan fingerprint density at radius 2 is 1.73 bits per heavy atom. The summed E-state index contributed by atoms with van der Waals surface area (Å²) in [6, 6.07) is 8.80. The van der Waals surface area contributed by atoms with E-state index in [0.29, 0.717) is 53.3 Å². The predicted octanol–water partition coefficient (Wildman–Crippen LogP) is 3.86. The Hall–Kier alpha value is -2.69. The van der Waals surface area contributed by atoms with Crippen LogP contribution in [0.25, 0.3) is 0 Å². The van der Waals surface area contributed by atoms with Crippen LogP contribution in [0.2, 0.25) is 10.0 Å². The Morgan fingerprint density at radius 3 is 2.35 bits per heavy atom. The molecule has 12 heteroatoms. The van der Waals surface area contributed by atoms with E-state index in [1.807, 2.05) is 6.92 Å². The summed E-state index contributed by atoms with van der Waals surface area (Å²) in [4.78, 5) is 28.1. The molecule has 1 N–H and O–H groups in total. The molecule has 0 unspecified atom stereocenters. The summed E-state index contributed by atoms with van der Waals surface area (Å²) in [5, 5.41) is 3.50. The lowest BCUT2D eigenvalue weighted by molar-refractivity contribution is -0.140. The molecular formula is C25H31Cl2N3O6S. The first-order chi connectivity index (χ1) is 17.5. The Bertz CT molecular complexity index is 1240. The van der Waals surface area contributed by atoms with E-state index in [4.69, 9.17) is 32.7 Å². The van der Waals surface area contributed by atoms with Gasteiger partial charge in [-0.2, -0.15) is 0 Å². The van der Waals surface area contributed by atoms with Gasteiger partial charge < -0.3 is 19.7 Å². The van der Waals surface area contributed by atoms with E-state index in [1.54, 1.807) is 37.3 Å². The number of carbonyl (C=O) groups is 2. The molecule has 0 bridgehead atoms. The lowest BCUT2D eigenvalue weighted by atomic mass is 10.1. The van der Waals surface area contributed by atoms with Gasteiger partial charge in [0, 0.05) is 19.2 Å². The SMILES string of the molecule is CCCNC(=O)[C@H](CC)N(Cc1ccc(Cl)c(Cl)c1)C(=O)CN(c1ccc2c(c1)OCCO2)S(C)(=O)=O. The van der Waals surface area contributed by atoms with Crippen LogP contribution in [0, 0.1) is 0 Å². The van der Waals surface area contributed by atoms with Gasteiger partial charge in [-0.1, -0.05) is 43.1 Å². The zero-order valence-corrected chi connectivity index (χ0v) is 23.3. The fourth-order valence-electron chi connectivity index (χ4n) is 3.92. The maximum Gasteiger partial charge on any atom is 0.244 e. The van der Waals surface area contributed by atoms with Crippen LogP contribution in [0.15, 0.2) is 36.4 Å². The zero-order valence-electron chi connectivity index (χ0n) is 21.0. The van der Waals surface area contributed by atoms with E-state index in [-0.39, 0.29) is 18.1 Å². The number of nitrogens with one attached hydrogen (secondary N) is 1. The number of hydrogen-bond donors (Lipinski definition) is 1. The van der Waals surface area contributed by atoms with Crippen LogP contribution in [0.1, 0.15) is 32.3 Å². The highest BCUT2D eigenvalue weighted by atomic mass is 35.5. The van der Waals surface area contributed by atoms with E-state index in [0.717, 1.165) is 17.0 Å². The second-order valence-corrected chi connectivity index (χ2v) is 11.3. The Labute approximate surface area is 227 Å². The smallest absolute Gasteiger partial charge is 0.244 e. The van der Waals surface area contributed by atoms with Crippen molar-refractivity contribution in [1.82, 2.24) is 10.2 Å². The van der Waals surface area contributed by atoms with Crippen LogP contribution < -0.4 is 19.1 Å². The number of sulfonamides is 1. The Balaban J connectivity index is 1.95. The van der Waals surface area contributed by atoms with Gasteiger partial charge >= 0.3 is 0 Å². The van der Waals surface area contributed by atoms with Crippen LogP contribution in [-0.4, -0.2) is 63.7 Å². The Kier molecular flexibility index (Phi) is 9.92. The molecule has 0 spiro atoms. The minimum atomic E-state index is -3.87. The molecule has 0 radical (unpaired) electrons. The predicted molar refractivity (Wildman–Crippen MR) is 144 cm³/mol. The number of fused-ring (bicyclic) bond motifs is 1. The lowest BCUT2D eigenvalue weighted by Crippen LogP contribution is -2.52. The molecule has 0 aromatic heterocycles. The first-order valence-electron chi connectivity index (χ1n) is 11.9. The molecule has 2 aromatic carbocycles. The summed E-state index contributed by atoms with van der Waals surface area (Å²) in [6.45, 7) is 4.41. The van der Waals surface area contributed by atoms with E-state index in [9.17, 15) is 18.0 Å². The number of ether oxygens (including phenoxy) is 2. The summed E-state index contributed by atoms with van der Waals surface area (Å²) >= 11 is 12.2. The van der Waals surface area contributed by atoms with Gasteiger partial charge in [0.05, 0.1) is 22.0 Å². The molecule has 0 saturated heterocycles. The normalized spacial score (nSPS) is 13.5. The third-order valence-electron chi connectivity index (χ3n) is 5.77. The topological polar surface area (TPSA) is 105 Å². The molecule has 37 heavy (non-hydrogen) atoms. The zero-order chi connectivity index (χ0) is 27.2. The van der Waals surface area contributed by atoms with Crippen LogP contribution in [0.4, 0.5) is 5.69 Å². The van der Waals surface area contributed by atoms with Crippen molar-refractivity contribution in [1.29, 1.82) is 0 Å². The standard InChI is InChI=1S/C25H31Cl2N3O6S/c1-4-10-28-25(32)21(5-2)29(15-17-6-8-19(26)20(27)13-17)24(31)16-30(37(3,33)34)18-7-9-22-23(14-18)36-12-11-35-22/h6-9,13-14,21H,4-5,10-12,15-16H2,1-3H3,(H,28,32)/t21-/m0/s1. The van der Waals surface area contributed by atoms with Gasteiger partial charge in [-0.15, -0.1) is 0 Å². The van der Waals surface area contributed by atoms with Gasteiger partial charge in [-0.3, -0.25) is 13.9 Å². The third-order valence-corrected chi connectivity index (χ3v) is 7.64. The van der Waals surface area contributed by atoms with Crippen molar-refractivity contribution in [2.75, 3.05) is 36.9 Å². The van der Waals surface area contributed by atoms with Crippen LogP contribution in [0.3, 0.4) is 0 Å². The van der Waals surface area contributed by atoms with Gasteiger partial charge in [0.2, 0.25) is 21.8 Å². The highest BCUT2D eigenvalue weighted by molar-refractivity contribution is 7.92. The average molecular weight is 573 g/mol. The summed E-state index contributed by atoms with van der Waals surface area (Å²) in [7, 11) is -3.87. The number of nitrogens with zero attached hydrogens (tertiary/aromatic N) is 2. The number of carbonyl (C=O) groups excluding carboxylic acids is 2.